The molecule has 0 aliphatic rings. The zero-order valence-electron chi connectivity index (χ0n) is 19.0. The number of thioether (sulfide) groups is 1. The van der Waals surface area contributed by atoms with Crippen molar-refractivity contribution < 1.29 is 9.59 Å². The first kappa shape index (κ1) is 23.4. The van der Waals surface area contributed by atoms with Crippen LogP contribution in [-0.2, 0) is 16.0 Å². The molecule has 2 aromatic carbocycles. The first-order chi connectivity index (χ1) is 16.5. The first-order valence-corrected chi connectivity index (χ1v) is 11.9. The van der Waals surface area contributed by atoms with Crippen molar-refractivity contribution in [2.24, 2.45) is 0 Å². The van der Waals surface area contributed by atoms with E-state index < -0.39 is 6.04 Å². The van der Waals surface area contributed by atoms with Crippen LogP contribution in [0, 0.1) is 6.92 Å². The monoisotopic (exact) mass is 471 g/mol. The maximum absolute atomic E-state index is 12.8. The number of nitrogens with zero attached hydrogens (tertiary/aromatic N) is 4. The van der Waals surface area contributed by atoms with Crippen molar-refractivity contribution in [1.29, 1.82) is 0 Å². The van der Waals surface area contributed by atoms with Crippen molar-refractivity contribution in [3.05, 3.63) is 90.3 Å². The topological polar surface area (TPSA) is 89.8 Å². The second kappa shape index (κ2) is 10.9. The van der Waals surface area contributed by atoms with Gasteiger partial charge in [0, 0.05) is 18.0 Å². The summed E-state index contributed by atoms with van der Waals surface area (Å²) < 4.78 is 1.94. The molecule has 0 spiro atoms. The van der Waals surface area contributed by atoms with Crippen LogP contribution in [0.5, 0.6) is 0 Å². The molecule has 7 nitrogen and oxygen atoms in total. The van der Waals surface area contributed by atoms with Crippen LogP contribution in [0.25, 0.3) is 17.1 Å². The Hall–Kier alpha value is -3.78. The highest BCUT2D eigenvalue weighted by molar-refractivity contribution is 7.99. The number of carbonyl (C=O) groups excluding carboxylic acids is 2. The second-order valence-corrected chi connectivity index (χ2v) is 8.82. The van der Waals surface area contributed by atoms with Gasteiger partial charge in [0.25, 0.3) is 0 Å². The minimum atomic E-state index is -0.573. The van der Waals surface area contributed by atoms with Gasteiger partial charge >= 0.3 is 0 Å². The fourth-order valence-electron chi connectivity index (χ4n) is 3.59. The van der Waals surface area contributed by atoms with Crippen molar-refractivity contribution in [3.8, 4) is 17.1 Å². The lowest BCUT2D eigenvalue weighted by Gasteiger charge is -2.16. The van der Waals surface area contributed by atoms with Crippen LogP contribution in [0.1, 0.15) is 18.1 Å². The van der Waals surface area contributed by atoms with E-state index >= 15 is 0 Å². The lowest BCUT2D eigenvalue weighted by molar-refractivity contribution is -0.125. The van der Waals surface area contributed by atoms with Gasteiger partial charge in [-0.2, -0.15) is 0 Å². The minimum Gasteiger partial charge on any atom is -0.345 e. The smallest absolute Gasteiger partial charge is 0.231 e. The molecular weight excluding hydrogens is 446 g/mol. The van der Waals surface area contributed by atoms with Crippen molar-refractivity contribution in [3.63, 3.8) is 0 Å². The molecule has 2 aromatic heterocycles. The summed E-state index contributed by atoms with van der Waals surface area (Å²) in [5.74, 6) is 0.443. The van der Waals surface area contributed by atoms with Crippen molar-refractivity contribution in [2.45, 2.75) is 31.5 Å². The van der Waals surface area contributed by atoms with Crippen molar-refractivity contribution in [2.75, 3.05) is 5.75 Å². The van der Waals surface area contributed by atoms with Crippen molar-refractivity contribution in [1.82, 2.24) is 25.1 Å². The molecule has 2 heterocycles. The van der Waals surface area contributed by atoms with Gasteiger partial charge in [-0.1, -0.05) is 60.3 Å². The highest BCUT2D eigenvalue weighted by Gasteiger charge is 2.21. The van der Waals surface area contributed by atoms with Crippen LogP contribution in [0.2, 0.25) is 0 Å². The largest absolute Gasteiger partial charge is 0.345 e. The van der Waals surface area contributed by atoms with Crippen LogP contribution in [0.3, 0.4) is 0 Å². The normalized spacial score (nSPS) is 11.7. The molecule has 172 valence electrons. The summed E-state index contributed by atoms with van der Waals surface area (Å²) in [6.45, 7) is 3.51. The zero-order valence-corrected chi connectivity index (χ0v) is 19.8. The number of ketones is 1. The molecule has 0 unspecified atom stereocenters. The number of rotatable bonds is 9. The van der Waals surface area contributed by atoms with Gasteiger partial charge in [0.2, 0.25) is 5.91 Å². The molecule has 0 saturated carbocycles. The van der Waals surface area contributed by atoms with Gasteiger partial charge < -0.3 is 5.32 Å². The maximum Gasteiger partial charge on any atom is 0.231 e. The van der Waals surface area contributed by atoms with E-state index in [9.17, 15) is 9.59 Å². The molecule has 0 radical (unpaired) electrons. The van der Waals surface area contributed by atoms with E-state index in [1.807, 2.05) is 78.2 Å². The molecule has 34 heavy (non-hydrogen) atoms. The molecule has 8 heteroatoms. The number of hydrogen-bond donors (Lipinski definition) is 1. The number of pyridine rings is 1. The molecule has 4 rings (SSSR count). The third-order valence-electron chi connectivity index (χ3n) is 5.35. The van der Waals surface area contributed by atoms with Gasteiger partial charge in [-0.25, -0.2) is 0 Å². The number of aromatic nitrogens is 4. The number of nitrogens with one attached hydrogen (secondary N) is 1. The van der Waals surface area contributed by atoms with E-state index in [0.29, 0.717) is 17.4 Å². The Morgan fingerprint density at radius 1 is 1.00 bits per heavy atom. The molecule has 1 amide bonds. The predicted octanol–water partition coefficient (Wildman–Crippen LogP) is 4.05. The average molecular weight is 472 g/mol. The van der Waals surface area contributed by atoms with E-state index in [1.165, 1.54) is 18.7 Å². The van der Waals surface area contributed by atoms with E-state index in [-0.39, 0.29) is 17.4 Å². The summed E-state index contributed by atoms with van der Waals surface area (Å²) in [6.07, 6.45) is 3.90. The fourth-order valence-corrected chi connectivity index (χ4v) is 4.35. The summed E-state index contributed by atoms with van der Waals surface area (Å²) in [5, 5.41) is 12.2. The van der Waals surface area contributed by atoms with Gasteiger partial charge in [-0.3, -0.25) is 19.1 Å². The standard InChI is InChI=1S/C26H25N5O2S/c1-18-9-6-7-13-23(18)31-25(21-12-8-14-27-16-21)29-30-26(31)34-17-24(33)28-22(19(2)32)15-20-10-4-3-5-11-20/h3-14,16,22H,15,17H2,1-2H3,(H,28,33)/t22-/m0/s1. The molecule has 0 saturated heterocycles. The summed E-state index contributed by atoms with van der Waals surface area (Å²) in [5.41, 5.74) is 3.81. The van der Waals surface area contributed by atoms with Gasteiger partial charge in [0.05, 0.1) is 17.5 Å². The Bertz CT molecular complexity index is 1270. The molecule has 0 fully saturated rings. The second-order valence-electron chi connectivity index (χ2n) is 7.88. The quantitative estimate of drug-likeness (QED) is 0.371. The number of hydrogen-bond acceptors (Lipinski definition) is 6. The summed E-state index contributed by atoms with van der Waals surface area (Å²) in [4.78, 5) is 29.1. The minimum absolute atomic E-state index is 0.0795. The molecule has 0 aliphatic heterocycles. The van der Waals surface area contributed by atoms with E-state index in [2.05, 4.69) is 20.5 Å². The molecule has 0 bridgehead atoms. The van der Waals surface area contributed by atoms with Crippen LogP contribution in [-0.4, -0.2) is 43.2 Å². The van der Waals surface area contributed by atoms with E-state index in [0.717, 1.165) is 22.4 Å². The summed E-state index contributed by atoms with van der Waals surface area (Å²) >= 11 is 1.28. The number of benzene rings is 2. The van der Waals surface area contributed by atoms with Crippen LogP contribution < -0.4 is 5.32 Å². The zero-order chi connectivity index (χ0) is 23.9. The molecule has 4 aromatic rings. The SMILES string of the molecule is CC(=O)[C@H](Cc1ccccc1)NC(=O)CSc1nnc(-c2cccnc2)n1-c1ccccc1C. The van der Waals surface area contributed by atoms with Crippen molar-refractivity contribution >= 4 is 23.5 Å². The summed E-state index contributed by atoms with van der Waals surface area (Å²) in [7, 11) is 0. The highest BCUT2D eigenvalue weighted by atomic mass is 32.2. The maximum atomic E-state index is 12.8. The van der Waals surface area contributed by atoms with Gasteiger partial charge in [0.15, 0.2) is 16.8 Å². The van der Waals surface area contributed by atoms with Crippen LogP contribution in [0.15, 0.2) is 84.3 Å². The number of Topliss-reactive ketones (excluding diaryl/α,β-unsaturated/α-hetero) is 1. The lowest BCUT2D eigenvalue weighted by Crippen LogP contribution is -2.42. The molecule has 0 aliphatic carbocycles. The molecule has 1 atom stereocenters. The fraction of sp³-hybridized carbons (Fsp3) is 0.192. The van der Waals surface area contributed by atoms with E-state index in [1.54, 1.807) is 12.4 Å². The third kappa shape index (κ3) is 5.58. The Labute approximate surface area is 202 Å². The number of carbonyl (C=O) groups is 2. The molecular formula is C26H25N5O2S. The highest BCUT2D eigenvalue weighted by Crippen LogP contribution is 2.29. The first-order valence-electron chi connectivity index (χ1n) is 10.9. The Kier molecular flexibility index (Phi) is 7.49. The Balaban J connectivity index is 1.53. The Morgan fingerprint density at radius 2 is 1.76 bits per heavy atom. The molecule has 1 N–H and O–H groups in total. The van der Waals surface area contributed by atoms with Gasteiger partial charge in [-0.05, 0) is 49.6 Å². The number of aryl methyl sites for hydroxylation is 1. The number of amides is 1. The van der Waals surface area contributed by atoms with Crippen LogP contribution >= 0.6 is 11.8 Å². The summed E-state index contributed by atoms with van der Waals surface area (Å²) in [6, 6.07) is 20.8. The average Bonchev–Trinajstić information content (AvgIpc) is 3.27. The Morgan fingerprint density at radius 3 is 2.47 bits per heavy atom. The van der Waals surface area contributed by atoms with E-state index in [4.69, 9.17) is 0 Å². The third-order valence-corrected chi connectivity index (χ3v) is 6.28. The predicted molar refractivity (Wildman–Crippen MR) is 133 cm³/mol. The van der Waals surface area contributed by atoms with Crippen LogP contribution in [0.4, 0.5) is 0 Å². The van der Waals surface area contributed by atoms with Gasteiger partial charge in [-0.15, -0.1) is 10.2 Å². The van der Waals surface area contributed by atoms with Gasteiger partial charge in [0.1, 0.15) is 0 Å². The lowest BCUT2D eigenvalue weighted by atomic mass is 10.0. The number of para-hydroxylation sites is 1.